The quantitative estimate of drug-likeness (QED) is 0.623. The number of benzene rings is 1. The average molecular weight is 323 g/mol. The van der Waals surface area contributed by atoms with Crippen molar-refractivity contribution in [3.63, 3.8) is 0 Å². The Morgan fingerprint density at radius 3 is 1.50 bits per heavy atom. The van der Waals surface area contributed by atoms with E-state index < -0.39 is 5.60 Å². The first-order chi connectivity index (χ1) is 9.77. The molecule has 1 rings (SSSR count). The number of carbonyl (C=O) groups excluding carboxylic acids is 1. The Morgan fingerprint density at radius 1 is 0.818 bits per heavy atom. The Kier molecular flexibility index (Phi) is 5.44. The second-order valence-electron chi connectivity index (χ2n) is 8.37. The molecule has 0 fully saturated rings. The number of carbonyl (C=O) groups is 1. The van der Waals surface area contributed by atoms with E-state index in [0.29, 0.717) is 0 Å². The molecule has 0 amide bonds. The minimum Gasteiger partial charge on any atom is -0.447 e. The van der Waals surface area contributed by atoms with E-state index in [0.717, 1.165) is 17.3 Å². The molecular weight excluding hydrogens is 292 g/mol. The van der Waals surface area contributed by atoms with E-state index in [1.165, 1.54) is 11.1 Å². The molecule has 0 bridgehead atoms. The van der Waals surface area contributed by atoms with E-state index in [2.05, 4.69) is 59.7 Å². The summed E-state index contributed by atoms with van der Waals surface area (Å²) in [5.41, 5.74) is 3.05. The standard InChI is InChI=1S/C19H30O2S/c1-17(2,3)13-10-14(18(4,5)6)12-15(11-13)19(7,8)21-16(20)22-9/h10-12H,1-9H3. The van der Waals surface area contributed by atoms with Gasteiger partial charge in [-0.05, 0) is 59.4 Å². The van der Waals surface area contributed by atoms with Crippen molar-refractivity contribution in [3.05, 3.63) is 34.9 Å². The summed E-state index contributed by atoms with van der Waals surface area (Å²) in [4.78, 5) is 11.7. The molecule has 0 aliphatic rings. The fourth-order valence-corrected chi connectivity index (χ4v) is 2.44. The molecule has 0 aliphatic heterocycles. The monoisotopic (exact) mass is 322 g/mol. The summed E-state index contributed by atoms with van der Waals surface area (Å²) < 4.78 is 5.63. The summed E-state index contributed by atoms with van der Waals surface area (Å²) in [7, 11) is 0. The van der Waals surface area contributed by atoms with Gasteiger partial charge in [-0.2, -0.15) is 0 Å². The van der Waals surface area contributed by atoms with E-state index in [1.807, 2.05) is 13.8 Å². The summed E-state index contributed by atoms with van der Waals surface area (Å²) >= 11 is 1.10. The van der Waals surface area contributed by atoms with Gasteiger partial charge in [-0.15, -0.1) is 0 Å². The van der Waals surface area contributed by atoms with E-state index >= 15 is 0 Å². The number of thioether (sulfide) groups is 1. The first-order valence-corrected chi connectivity index (χ1v) is 8.93. The van der Waals surface area contributed by atoms with Gasteiger partial charge < -0.3 is 4.74 Å². The van der Waals surface area contributed by atoms with Gasteiger partial charge in [0.2, 0.25) is 0 Å². The first-order valence-electron chi connectivity index (χ1n) is 7.71. The topological polar surface area (TPSA) is 26.3 Å². The maximum absolute atomic E-state index is 11.7. The van der Waals surface area contributed by atoms with Gasteiger partial charge in [-0.25, -0.2) is 4.79 Å². The van der Waals surface area contributed by atoms with E-state index in [-0.39, 0.29) is 16.1 Å². The van der Waals surface area contributed by atoms with Crippen molar-refractivity contribution in [2.45, 2.75) is 71.8 Å². The molecule has 1 aromatic rings. The number of rotatable bonds is 2. The highest BCUT2D eigenvalue weighted by Crippen LogP contribution is 2.35. The lowest BCUT2D eigenvalue weighted by atomic mass is 9.78. The van der Waals surface area contributed by atoms with Crippen LogP contribution >= 0.6 is 11.8 Å². The van der Waals surface area contributed by atoms with Crippen LogP contribution in [0.1, 0.15) is 72.1 Å². The molecule has 0 saturated carbocycles. The molecule has 1 aromatic carbocycles. The van der Waals surface area contributed by atoms with Crippen molar-refractivity contribution >= 4 is 17.1 Å². The fraction of sp³-hybridized carbons (Fsp3) is 0.632. The summed E-state index contributed by atoms with van der Waals surface area (Å²) in [6.45, 7) is 17.2. The molecule has 0 aromatic heterocycles. The number of hydrogen-bond acceptors (Lipinski definition) is 3. The molecule has 0 N–H and O–H groups in total. The molecule has 22 heavy (non-hydrogen) atoms. The van der Waals surface area contributed by atoms with E-state index in [9.17, 15) is 4.79 Å². The zero-order valence-corrected chi connectivity index (χ0v) is 16.3. The summed E-state index contributed by atoms with van der Waals surface area (Å²) in [6.07, 6.45) is 1.74. The molecule has 0 saturated heterocycles. The molecule has 0 aliphatic carbocycles. The molecule has 124 valence electrons. The molecule has 0 heterocycles. The molecule has 3 heteroatoms. The first kappa shape index (κ1) is 19.1. The van der Waals surface area contributed by atoms with Gasteiger partial charge in [0.05, 0.1) is 0 Å². The third-order valence-electron chi connectivity index (χ3n) is 3.87. The third kappa shape index (κ3) is 4.77. The Bertz CT molecular complexity index is 513. The van der Waals surface area contributed by atoms with Crippen LogP contribution < -0.4 is 0 Å². The predicted octanol–water partition coefficient (Wildman–Crippen LogP) is 6.02. The Balaban J connectivity index is 3.44. The zero-order chi connectivity index (χ0) is 17.3. The van der Waals surface area contributed by atoms with Crippen LogP contribution in [0.15, 0.2) is 18.2 Å². The van der Waals surface area contributed by atoms with Gasteiger partial charge in [0, 0.05) is 0 Å². The van der Waals surface area contributed by atoms with Crippen LogP contribution in [0.25, 0.3) is 0 Å². The fourth-order valence-electron chi connectivity index (χ4n) is 2.15. The number of ether oxygens (including phenoxy) is 1. The zero-order valence-electron chi connectivity index (χ0n) is 15.5. The van der Waals surface area contributed by atoms with Crippen LogP contribution in [0.2, 0.25) is 0 Å². The highest BCUT2D eigenvalue weighted by Gasteiger charge is 2.29. The van der Waals surface area contributed by atoms with Crippen LogP contribution in [0, 0.1) is 0 Å². The van der Waals surface area contributed by atoms with Crippen LogP contribution in [-0.2, 0) is 21.2 Å². The largest absolute Gasteiger partial charge is 0.447 e. The smallest absolute Gasteiger partial charge is 0.367 e. The van der Waals surface area contributed by atoms with Crippen molar-refractivity contribution in [1.82, 2.24) is 0 Å². The lowest BCUT2D eigenvalue weighted by molar-refractivity contribution is 0.0562. The Labute approximate surface area is 140 Å². The maximum Gasteiger partial charge on any atom is 0.367 e. The SMILES string of the molecule is CSC(=O)OC(C)(C)c1cc(C(C)(C)C)cc(C(C)(C)C)c1. The van der Waals surface area contributed by atoms with Gasteiger partial charge in [0.25, 0.3) is 0 Å². The Hall–Kier alpha value is -0.960. The van der Waals surface area contributed by atoms with Crippen molar-refractivity contribution in [3.8, 4) is 0 Å². The van der Waals surface area contributed by atoms with Crippen molar-refractivity contribution in [2.24, 2.45) is 0 Å². The van der Waals surface area contributed by atoms with Crippen molar-refractivity contribution in [1.29, 1.82) is 0 Å². The van der Waals surface area contributed by atoms with Crippen LogP contribution in [0.3, 0.4) is 0 Å². The lowest BCUT2D eigenvalue weighted by Gasteiger charge is -2.31. The Morgan fingerprint density at radius 2 is 1.18 bits per heavy atom. The highest BCUT2D eigenvalue weighted by molar-refractivity contribution is 8.12. The van der Waals surface area contributed by atoms with Gasteiger partial charge in [0.1, 0.15) is 5.60 Å². The van der Waals surface area contributed by atoms with Crippen LogP contribution in [0.4, 0.5) is 4.79 Å². The third-order valence-corrected chi connectivity index (χ3v) is 4.28. The van der Waals surface area contributed by atoms with Crippen LogP contribution in [-0.4, -0.2) is 11.6 Å². The second kappa shape index (κ2) is 6.27. The highest BCUT2D eigenvalue weighted by atomic mass is 32.2. The van der Waals surface area contributed by atoms with Crippen molar-refractivity contribution < 1.29 is 9.53 Å². The van der Waals surface area contributed by atoms with Gasteiger partial charge >= 0.3 is 5.30 Å². The summed E-state index contributed by atoms with van der Waals surface area (Å²) in [5, 5.41) is -0.247. The normalized spacial score (nSPS) is 13.1. The maximum atomic E-state index is 11.7. The molecule has 2 nitrogen and oxygen atoms in total. The van der Waals surface area contributed by atoms with Gasteiger partial charge in [-0.3, -0.25) is 0 Å². The second-order valence-corrected chi connectivity index (χ2v) is 9.11. The van der Waals surface area contributed by atoms with E-state index in [4.69, 9.17) is 4.74 Å². The average Bonchev–Trinajstić information content (AvgIpc) is 2.35. The lowest BCUT2D eigenvalue weighted by Crippen LogP contribution is -2.26. The molecule has 0 radical (unpaired) electrons. The molecule has 0 spiro atoms. The summed E-state index contributed by atoms with van der Waals surface area (Å²) in [6, 6.07) is 6.61. The summed E-state index contributed by atoms with van der Waals surface area (Å²) in [5.74, 6) is 0. The van der Waals surface area contributed by atoms with Gasteiger partial charge in [0.15, 0.2) is 0 Å². The minimum atomic E-state index is -0.638. The van der Waals surface area contributed by atoms with Gasteiger partial charge in [-0.1, -0.05) is 59.7 Å². The van der Waals surface area contributed by atoms with E-state index in [1.54, 1.807) is 6.26 Å². The number of hydrogen-bond donors (Lipinski definition) is 0. The van der Waals surface area contributed by atoms with Crippen molar-refractivity contribution in [2.75, 3.05) is 6.26 Å². The minimum absolute atomic E-state index is 0.0512. The predicted molar refractivity (Wildman–Crippen MR) is 96.9 cm³/mol. The van der Waals surface area contributed by atoms with Crippen LogP contribution in [0.5, 0.6) is 0 Å². The molecule has 0 unspecified atom stereocenters. The molecule has 0 atom stereocenters. The molecular formula is C19H30O2S.